The molecule has 1 aliphatic heterocycles. The third-order valence-electron chi connectivity index (χ3n) is 3.58. The van der Waals surface area contributed by atoms with Gasteiger partial charge in [0.05, 0.1) is 6.26 Å². The van der Waals surface area contributed by atoms with Gasteiger partial charge in [-0.05, 0) is 23.8 Å². The van der Waals surface area contributed by atoms with Gasteiger partial charge < -0.3 is 14.6 Å². The van der Waals surface area contributed by atoms with Gasteiger partial charge >= 0.3 is 0 Å². The number of anilines is 1. The van der Waals surface area contributed by atoms with Gasteiger partial charge in [0, 0.05) is 38.2 Å². The highest BCUT2D eigenvalue weighted by Crippen LogP contribution is 2.23. The Kier molecular flexibility index (Phi) is 3.83. The Bertz CT molecular complexity index is 578. The second-order valence-electron chi connectivity index (χ2n) is 4.93. The van der Waals surface area contributed by atoms with Gasteiger partial charge in [-0.1, -0.05) is 18.2 Å². The topological polar surface area (TPSA) is 45.5 Å². The predicted octanol–water partition coefficient (Wildman–Crippen LogP) is 2.35. The molecule has 104 valence electrons. The fourth-order valence-corrected chi connectivity index (χ4v) is 2.54. The summed E-state index contributed by atoms with van der Waals surface area (Å²) in [4.78, 5) is 14.4. The molecule has 2 aromatic rings. The summed E-state index contributed by atoms with van der Waals surface area (Å²) in [5, 5.41) is 3.35. The van der Waals surface area contributed by atoms with Gasteiger partial charge in [0.15, 0.2) is 0 Å². The van der Waals surface area contributed by atoms with Gasteiger partial charge in [-0.3, -0.25) is 4.79 Å². The Morgan fingerprint density at radius 2 is 2.15 bits per heavy atom. The van der Waals surface area contributed by atoms with Crippen LogP contribution < -0.4 is 10.2 Å². The van der Waals surface area contributed by atoms with Crippen LogP contribution in [0.15, 0.2) is 47.1 Å². The van der Waals surface area contributed by atoms with E-state index in [1.54, 1.807) is 6.26 Å². The van der Waals surface area contributed by atoms with Crippen LogP contribution in [0.1, 0.15) is 17.7 Å². The average molecular weight is 270 g/mol. The lowest BCUT2D eigenvalue weighted by Gasteiger charge is -2.22. The van der Waals surface area contributed by atoms with Gasteiger partial charge in [-0.2, -0.15) is 0 Å². The van der Waals surface area contributed by atoms with Crippen LogP contribution in [0.2, 0.25) is 0 Å². The molecule has 4 heteroatoms. The lowest BCUT2D eigenvalue weighted by Crippen LogP contribution is -2.34. The summed E-state index contributed by atoms with van der Waals surface area (Å²) in [6.45, 7) is 2.35. The highest BCUT2D eigenvalue weighted by Gasteiger charge is 2.20. The third kappa shape index (κ3) is 2.75. The monoisotopic (exact) mass is 270 g/mol. The Labute approximate surface area is 118 Å². The van der Waals surface area contributed by atoms with E-state index < -0.39 is 0 Å². The Morgan fingerprint density at radius 1 is 1.25 bits per heavy atom. The molecule has 3 rings (SSSR count). The summed E-state index contributed by atoms with van der Waals surface area (Å²) in [7, 11) is 0. The van der Waals surface area contributed by atoms with Crippen molar-refractivity contribution in [2.45, 2.75) is 19.4 Å². The van der Waals surface area contributed by atoms with E-state index in [0.29, 0.717) is 19.4 Å². The molecule has 0 fully saturated rings. The van der Waals surface area contributed by atoms with Crippen LogP contribution in [0, 0.1) is 0 Å². The van der Waals surface area contributed by atoms with Crippen LogP contribution in [0.25, 0.3) is 0 Å². The van der Waals surface area contributed by atoms with Gasteiger partial charge in [0.25, 0.3) is 0 Å². The van der Waals surface area contributed by atoms with Crippen molar-refractivity contribution in [3.63, 3.8) is 0 Å². The van der Waals surface area contributed by atoms with Crippen molar-refractivity contribution in [3.8, 4) is 0 Å². The van der Waals surface area contributed by atoms with Crippen molar-refractivity contribution in [3.05, 3.63) is 54.0 Å². The van der Waals surface area contributed by atoms with E-state index >= 15 is 0 Å². The fourth-order valence-electron chi connectivity index (χ4n) is 2.54. The molecule has 0 aliphatic carbocycles. The van der Waals surface area contributed by atoms with E-state index in [-0.39, 0.29) is 5.91 Å². The van der Waals surface area contributed by atoms with Crippen LogP contribution in [0.3, 0.4) is 0 Å². The maximum absolute atomic E-state index is 12.5. The van der Waals surface area contributed by atoms with Gasteiger partial charge in [0.2, 0.25) is 5.91 Å². The molecule has 4 nitrogen and oxygen atoms in total. The van der Waals surface area contributed by atoms with E-state index in [1.165, 1.54) is 5.56 Å². The van der Waals surface area contributed by atoms with E-state index in [1.807, 2.05) is 35.2 Å². The molecule has 1 aromatic carbocycles. The number of fused-ring (bicyclic) bond motifs is 1. The number of para-hydroxylation sites is 1. The predicted molar refractivity (Wildman–Crippen MR) is 77.5 cm³/mol. The molecule has 0 radical (unpaired) electrons. The molecule has 0 atom stereocenters. The molecule has 2 heterocycles. The zero-order chi connectivity index (χ0) is 13.8. The van der Waals surface area contributed by atoms with Crippen LogP contribution in [-0.2, 0) is 17.8 Å². The molecule has 1 N–H and O–H groups in total. The van der Waals surface area contributed by atoms with Crippen LogP contribution in [-0.4, -0.2) is 19.0 Å². The first-order valence-electron chi connectivity index (χ1n) is 6.96. The number of hydrogen-bond acceptors (Lipinski definition) is 3. The first-order valence-corrected chi connectivity index (χ1v) is 6.96. The quantitative estimate of drug-likeness (QED) is 0.931. The maximum Gasteiger partial charge on any atom is 0.227 e. The number of hydrogen-bond donors (Lipinski definition) is 1. The van der Waals surface area contributed by atoms with Crippen LogP contribution in [0.5, 0.6) is 0 Å². The van der Waals surface area contributed by atoms with Crippen LogP contribution in [0.4, 0.5) is 5.69 Å². The Hall–Kier alpha value is -2.07. The van der Waals surface area contributed by atoms with Crippen molar-refractivity contribution in [2.24, 2.45) is 0 Å². The van der Waals surface area contributed by atoms with E-state index in [0.717, 1.165) is 24.5 Å². The number of benzene rings is 1. The minimum atomic E-state index is 0.151. The number of aryl methyl sites for hydroxylation is 1. The summed E-state index contributed by atoms with van der Waals surface area (Å²) < 4.78 is 5.28. The molecular weight excluding hydrogens is 252 g/mol. The number of nitrogens with zero attached hydrogens (tertiary/aromatic N) is 1. The van der Waals surface area contributed by atoms with Crippen molar-refractivity contribution in [1.82, 2.24) is 5.32 Å². The van der Waals surface area contributed by atoms with Gasteiger partial charge in [-0.15, -0.1) is 0 Å². The van der Waals surface area contributed by atoms with Crippen molar-refractivity contribution in [2.75, 3.05) is 18.0 Å². The minimum Gasteiger partial charge on any atom is -0.469 e. The van der Waals surface area contributed by atoms with Crippen LogP contribution >= 0.6 is 0 Å². The van der Waals surface area contributed by atoms with E-state index in [4.69, 9.17) is 4.42 Å². The molecule has 0 saturated heterocycles. The number of amides is 1. The van der Waals surface area contributed by atoms with E-state index in [9.17, 15) is 4.79 Å². The zero-order valence-corrected chi connectivity index (χ0v) is 11.3. The lowest BCUT2D eigenvalue weighted by molar-refractivity contribution is -0.118. The Morgan fingerprint density at radius 3 is 3.00 bits per heavy atom. The molecule has 1 aliphatic rings. The number of carbonyl (C=O) groups is 1. The van der Waals surface area contributed by atoms with Gasteiger partial charge in [0.1, 0.15) is 5.76 Å². The Balaban J connectivity index is 1.73. The average Bonchev–Trinajstić information content (AvgIpc) is 2.90. The molecule has 0 saturated carbocycles. The summed E-state index contributed by atoms with van der Waals surface area (Å²) in [6, 6.07) is 11.8. The number of rotatable bonds is 3. The molecule has 1 aromatic heterocycles. The molecule has 0 bridgehead atoms. The maximum atomic E-state index is 12.5. The standard InChI is InChI=1S/C16H18N2O2/c19-16(8-7-14-5-3-11-20-14)18-10-9-17-12-13-4-1-2-6-15(13)18/h1-6,11,17H,7-10,12H2. The highest BCUT2D eigenvalue weighted by atomic mass is 16.3. The minimum absolute atomic E-state index is 0.151. The molecule has 0 unspecified atom stereocenters. The first kappa shape index (κ1) is 12.9. The SMILES string of the molecule is O=C(CCc1ccco1)N1CCNCc2ccccc21. The molecular formula is C16H18N2O2. The van der Waals surface area contributed by atoms with Crippen molar-refractivity contribution >= 4 is 11.6 Å². The molecule has 0 spiro atoms. The second-order valence-corrected chi connectivity index (χ2v) is 4.93. The lowest BCUT2D eigenvalue weighted by atomic mass is 10.1. The smallest absolute Gasteiger partial charge is 0.227 e. The van der Waals surface area contributed by atoms with E-state index in [2.05, 4.69) is 11.4 Å². The summed E-state index contributed by atoms with van der Waals surface area (Å²) in [5.74, 6) is 1.01. The third-order valence-corrected chi connectivity index (χ3v) is 3.58. The second kappa shape index (κ2) is 5.92. The van der Waals surface area contributed by atoms with Gasteiger partial charge in [-0.25, -0.2) is 0 Å². The zero-order valence-electron chi connectivity index (χ0n) is 11.3. The number of nitrogens with one attached hydrogen (secondary N) is 1. The largest absolute Gasteiger partial charge is 0.469 e. The van der Waals surface area contributed by atoms with Crippen molar-refractivity contribution in [1.29, 1.82) is 0 Å². The summed E-state index contributed by atoms with van der Waals surface area (Å²) in [6.07, 6.45) is 2.77. The van der Waals surface area contributed by atoms with Crippen molar-refractivity contribution < 1.29 is 9.21 Å². The summed E-state index contributed by atoms with van der Waals surface area (Å²) in [5.41, 5.74) is 2.21. The molecule has 20 heavy (non-hydrogen) atoms. The molecule has 1 amide bonds. The number of furan rings is 1. The first-order chi connectivity index (χ1) is 9.84. The fraction of sp³-hybridized carbons (Fsp3) is 0.312. The highest BCUT2D eigenvalue weighted by molar-refractivity contribution is 5.94. The normalized spacial score (nSPS) is 14.7. The summed E-state index contributed by atoms with van der Waals surface area (Å²) >= 11 is 0. The number of carbonyl (C=O) groups excluding carboxylic acids is 1.